The Morgan fingerprint density at radius 2 is 2.11 bits per heavy atom. The van der Waals surface area contributed by atoms with Gasteiger partial charge in [0.05, 0.1) is 11.0 Å². The number of nitro benzene ring substituents is 1. The molecule has 0 aliphatic rings. The van der Waals surface area contributed by atoms with Gasteiger partial charge < -0.3 is 10.4 Å². The van der Waals surface area contributed by atoms with Crippen molar-refractivity contribution in [2.75, 3.05) is 0 Å². The molecule has 1 aromatic rings. The molecule has 0 aromatic heterocycles. The molecular weight excluding hydrogens is 251 g/mol. The first-order valence-electron chi connectivity index (χ1n) is 6.24. The first-order chi connectivity index (χ1) is 8.86. The van der Waals surface area contributed by atoms with Crippen molar-refractivity contribution in [3.05, 3.63) is 39.7 Å². The Hall–Kier alpha value is -1.53. The maximum atomic E-state index is 13.2. The fraction of sp³-hybridized carbons (Fsp3) is 0.538. The summed E-state index contributed by atoms with van der Waals surface area (Å²) < 4.78 is 13.2. The second kappa shape index (κ2) is 6.58. The minimum Gasteiger partial charge on any atom is -0.387 e. The SMILES string of the molecule is CCC(NC(C)C)C(O)c1ccc(F)c([N+](=O)[O-])c1. The molecule has 6 heteroatoms. The van der Waals surface area contributed by atoms with Gasteiger partial charge in [-0.2, -0.15) is 4.39 Å². The van der Waals surface area contributed by atoms with Crippen molar-refractivity contribution in [3.63, 3.8) is 0 Å². The highest BCUT2D eigenvalue weighted by Gasteiger charge is 2.23. The maximum absolute atomic E-state index is 13.2. The van der Waals surface area contributed by atoms with E-state index in [2.05, 4.69) is 5.32 Å². The minimum absolute atomic E-state index is 0.176. The predicted octanol–water partition coefficient (Wildman–Crippen LogP) is 2.54. The average molecular weight is 270 g/mol. The van der Waals surface area contributed by atoms with Crippen molar-refractivity contribution in [3.8, 4) is 0 Å². The molecule has 0 saturated heterocycles. The zero-order chi connectivity index (χ0) is 14.6. The number of rotatable bonds is 6. The summed E-state index contributed by atoms with van der Waals surface area (Å²) in [4.78, 5) is 9.89. The summed E-state index contributed by atoms with van der Waals surface area (Å²) in [6.07, 6.45) is -0.253. The molecule has 0 heterocycles. The highest BCUT2D eigenvalue weighted by molar-refractivity contribution is 5.37. The van der Waals surface area contributed by atoms with Crippen molar-refractivity contribution in [1.29, 1.82) is 0 Å². The fourth-order valence-corrected chi connectivity index (χ4v) is 1.95. The van der Waals surface area contributed by atoms with E-state index in [9.17, 15) is 19.6 Å². The van der Waals surface area contributed by atoms with Gasteiger partial charge in [0.15, 0.2) is 0 Å². The molecule has 5 nitrogen and oxygen atoms in total. The van der Waals surface area contributed by atoms with Crippen LogP contribution in [0.4, 0.5) is 10.1 Å². The van der Waals surface area contributed by atoms with Crippen LogP contribution in [0.5, 0.6) is 0 Å². The van der Waals surface area contributed by atoms with E-state index < -0.39 is 22.5 Å². The topological polar surface area (TPSA) is 75.4 Å². The minimum atomic E-state index is -0.910. The summed E-state index contributed by atoms with van der Waals surface area (Å²) in [5.74, 6) is -0.897. The van der Waals surface area contributed by atoms with Crippen LogP contribution in [0, 0.1) is 15.9 Å². The lowest BCUT2D eigenvalue weighted by Crippen LogP contribution is -2.38. The van der Waals surface area contributed by atoms with Gasteiger partial charge in [0.25, 0.3) is 0 Å². The molecule has 2 N–H and O–H groups in total. The van der Waals surface area contributed by atoms with Crippen molar-refractivity contribution in [2.45, 2.75) is 45.4 Å². The zero-order valence-electron chi connectivity index (χ0n) is 11.3. The van der Waals surface area contributed by atoms with E-state index in [1.165, 1.54) is 6.07 Å². The molecule has 106 valence electrons. The Labute approximate surface area is 111 Å². The number of halogens is 1. The third kappa shape index (κ3) is 3.97. The number of aliphatic hydroxyl groups is 1. The van der Waals surface area contributed by atoms with E-state index in [1.807, 2.05) is 20.8 Å². The van der Waals surface area contributed by atoms with Crippen LogP contribution in [-0.2, 0) is 0 Å². The summed E-state index contributed by atoms with van der Waals surface area (Å²) in [5, 5.41) is 24.1. The van der Waals surface area contributed by atoms with E-state index in [1.54, 1.807) is 0 Å². The standard InChI is InChI=1S/C13H19FN2O3/c1-4-11(15-8(2)3)13(17)9-5-6-10(14)12(7-9)16(18)19/h5-8,11,13,15,17H,4H2,1-3H3. The third-order valence-corrected chi connectivity index (χ3v) is 2.88. The molecule has 2 atom stereocenters. The van der Waals surface area contributed by atoms with E-state index in [0.717, 1.165) is 12.1 Å². The Morgan fingerprint density at radius 1 is 1.47 bits per heavy atom. The highest BCUT2D eigenvalue weighted by Crippen LogP contribution is 2.25. The lowest BCUT2D eigenvalue weighted by molar-refractivity contribution is -0.387. The monoisotopic (exact) mass is 270 g/mol. The molecule has 0 fully saturated rings. The van der Waals surface area contributed by atoms with Crippen molar-refractivity contribution in [2.24, 2.45) is 0 Å². The van der Waals surface area contributed by atoms with Crippen molar-refractivity contribution >= 4 is 5.69 Å². The second-order valence-corrected chi connectivity index (χ2v) is 4.75. The molecule has 0 amide bonds. The summed E-state index contributed by atoms with van der Waals surface area (Å²) in [6.45, 7) is 5.80. The Balaban J connectivity index is 3.01. The van der Waals surface area contributed by atoms with Crippen LogP contribution in [0.15, 0.2) is 18.2 Å². The zero-order valence-corrected chi connectivity index (χ0v) is 11.3. The number of nitrogens with one attached hydrogen (secondary N) is 1. The van der Waals surface area contributed by atoms with Crippen LogP contribution in [-0.4, -0.2) is 22.1 Å². The first kappa shape index (κ1) is 15.5. The number of benzene rings is 1. The van der Waals surface area contributed by atoms with Gasteiger partial charge in [-0.1, -0.05) is 26.8 Å². The molecular formula is C13H19FN2O3. The van der Waals surface area contributed by atoms with Gasteiger partial charge in [0.2, 0.25) is 5.82 Å². The van der Waals surface area contributed by atoms with Crippen molar-refractivity contribution in [1.82, 2.24) is 5.32 Å². The Bertz CT molecular complexity index is 452. The van der Waals surface area contributed by atoms with Gasteiger partial charge in [-0.05, 0) is 18.1 Å². The lowest BCUT2D eigenvalue weighted by Gasteiger charge is -2.25. The quantitative estimate of drug-likeness (QED) is 0.615. The number of nitrogens with zero attached hydrogens (tertiary/aromatic N) is 1. The number of aliphatic hydroxyl groups excluding tert-OH is 1. The van der Waals surface area contributed by atoms with E-state index in [4.69, 9.17) is 0 Å². The highest BCUT2D eigenvalue weighted by atomic mass is 19.1. The number of hydrogen-bond acceptors (Lipinski definition) is 4. The average Bonchev–Trinajstić information content (AvgIpc) is 2.35. The molecule has 19 heavy (non-hydrogen) atoms. The normalized spacial score (nSPS) is 14.4. The van der Waals surface area contributed by atoms with Crippen LogP contribution in [0.25, 0.3) is 0 Å². The number of hydrogen-bond donors (Lipinski definition) is 2. The van der Waals surface area contributed by atoms with Crippen LogP contribution in [0.3, 0.4) is 0 Å². The largest absolute Gasteiger partial charge is 0.387 e. The van der Waals surface area contributed by atoms with Crippen LogP contribution < -0.4 is 5.32 Å². The van der Waals surface area contributed by atoms with E-state index in [-0.39, 0.29) is 12.1 Å². The van der Waals surface area contributed by atoms with E-state index >= 15 is 0 Å². The molecule has 0 saturated carbocycles. The van der Waals surface area contributed by atoms with Gasteiger partial charge >= 0.3 is 5.69 Å². The van der Waals surface area contributed by atoms with Crippen LogP contribution >= 0.6 is 0 Å². The fourth-order valence-electron chi connectivity index (χ4n) is 1.95. The van der Waals surface area contributed by atoms with Gasteiger partial charge in [0.1, 0.15) is 0 Å². The van der Waals surface area contributed by atoms with Gasteiger partial charge in [-0.15, -0.1) is 0 Å². The number of nitro groups is 1. The Kier molecular flexibility index (Phi) is 5.38. The van der Waals surface area contributed by atoms with Gasteiger partial charge in [-0.3, -0.25) is 10.1 Å². The summed E-state index contributed by atoms with van der Waals surface area (Å²) in [5.41, 5.74) is -0.274. The molecule has 0 aliphatic heterocycles. The maximum Gasteiger partial charge on any atom is 0.305 e. The Morgan fingerprint density at radius 3 is 2.58 bits per heavy atom. The van der Waals surface area contributed by atoms with Gasteiger partial charge in [0, 0.05) is 18.2 Å². The lowest BCUT2D eigenvalue weighted by atomic mass is 9.99. The van der Waals surface area contributed by atoms with E-state index in [0.29, 0.717) is 12.0 Å². The molecule has 0 radical (unpaired) electrons. The third-order valence-electron chi connectivity index (χ3n) is 2.88. The van der Waals surface area contributed by atoms with Crippen LogP contribution in [0.2, 0.25) is 0 Å². The second-order valence-electron chi connectivity index (χ2n) is 4.75. The summed E-state index contributed by atoms with van der Waals surface area (Å²) in [6, 6.07) is 3.42. The van der Waals surface area contributed by atoms with Crippen molar-refractivity contribution < 1.29 is 14.4 Å². The molecule has 1 rings (SSSR count). The smallest absolute Gasteiger partial charge is 0.305 e. The van der Waals surface area contributed by atoms with Crippen LogP contribution in [0.1, 0.15) is 38.9 Å². The van der Waals surface area contributed by atoms with Gasteiger partial charge in [-0.25, -0.2) is 0 Å². The molecule has 0 spiro atoms. The molecule has 0 aliphatic carbocycles. The molecule has 2 unspecified atom stereocenters. The summed E-state index contributed by atoms with van der Waals surface area (Å²) in [7, 11) is 0. The molecule has 1 aromatic carbocycles. The summed E-state index contributed by atoms with van der Waals surface area (Å²) >= 11 is 0. The molecule has 0 bridgehead atoms. The first-order valence-corrected chi connectivity index (χ1v) is 6.24. The predicted molar refractivity (Wildman–Crippen MR) is 70.4 cm³/mol.